The van der Waals surface area contributed by atoms with Gasteiger partial charge in [0.2, 0.25) is 11.9 Å². The topological polar surface area (TPSA) is 91.3 Å². The molecule has 170 valence electrons. The number of rotatable bonds is 7. The highest BCUT2D eigenvalue weighted by molar-refractivity contribution is 5.99. The van der Waals surface area contributed by atoms with Crippen molar-refractivity contribution in [3.05, 3.63) is 84.1 Å². The normalized spacial score (nSPS) is 11.6. The van der Waals surface area contributed by atoms with Crippen LogP contribution in [0.25, 0.3) is 0 Å². The Labute approximate surface area is 188 Å². The third-order valence-corrected chi connectivity index (χ3v) is 4.47. The molecule has 0 saturated heterocycles. The van der Waals surface area contributed by atoms with Gasteiger partial charge < -0.3 is 10.6 Å². The van der Waals surface area contributed by atoms with Crippen molar-refractivity contribution in [2.75, 3.05) is 16.1 Å². The molecule has 0 aliphatic rings. The average molecular weight is 454 g/mol. The second-order valence-corrected chi connectivity index (χ2v) is 7.03. The first-order valence-corrected chi connectivity index (χ1v) is 9.78. The minimum absolute atomic E-state index is 0.118. The molecule has 0 unspecified atom stereocenters. The van der Waals surface area contributed by atoms with Gasteiger partial charge in [-0.05, 0) is 43.7 Å². The summed E-state index contributed by atoms with van der Waals surface area (Å²) < 4.78 is 40.5. The molecule has 3 rings (SSSR count). The van der Waals surface area contributed by atoms with E-state index in [1.807, 2.05) is 31.2 Å². The van der Waals surface area contributed by atoms with E-state index in [0.29, 0.717) is 17.6 Å². The summed E-state index contributed by atoms with van der Waals surface area (Å²) in [4.78, 5) is 19.2. The van der Waals surface area contributed by atoms with Crippen LogP contribution in [0.2, 0.25) is 0 Å². The number of nitrogens with one attached hydrogen (secondary N) is 3. The van der Waals surface area contributed by atoms with Gasteiger partial charge in [0, 0.05) is 17.6 Å². The van der Waals surface area contributed by atoms with E-state index in [1.165, 1.54) is 6.07 Å². The SMILES string of the molecule is C=CC(=O)Nc1cccc(Nc2nc(N/N=C(\C)c3ccc(C)cc3)ncc2C(F)(F)F)c1. The van der Waals surface area contributed by atoms with Gasteiger partial charge in [0.15, 0.2) is 0 Å². The summed E-state index contributed by atoms with van der Waals surface area (Å²) in [6, 6.07) is 13.8. The van der Waals surface area contributed by atoms with Crippen LogP contribution >= 0.6 is 0 Å². The highest BCUT2D eigenvalue weighted by atomic mass is 19.4. The molecule has 7 nitrogen and oxygen atoms in total. The Morgan fingerprint density at radius 1 is 1.12 bits per heavy atom. The largest absolute Gasteiger partial charge is 0.421 e. The number of hydrogen-bond acceptors (Lipinski definition) is 6. The molecule has 1 heterocycles. The minimum atomic E-state index is -4.68. The summed E-state index contributed by atoms with van der Waals surface area (Å²) in [7, 11) is 0. The fourth-order valence-corrected chi connectivity index (χ4v) is 2.74. The second-order valence-electron chi connectivity index (χ2n) is 7.03. The third-order valence-electron chi connectivity index (χ3n) is 4.47. The van der Waals surface area contributed by atoms with Crippen molar-refractivity contribution in [3.63, 3.8) is 0 Å². The first-order valence-electron chi connectivity index (χ1n) is 9.78. The third kappa shape index (κ3) is 6.39. The lowest BCUT2D eigenvalue weighted by molar-refractivity contribution is -0.137. The maximum absolute atomic E-state index is 13.5. The summed E-state index contributed by atoms with van der Waals surface area (Å²) in [5.41, 5.74) is 4.76. The Morgan fingerprint density at radius 2 is 1.82 bits per heavy atom. The van der Waals surface area contributed by atoms with Crippen molar-refractivity contribution >= 4 is 34.8 Å². The molecule has 33 heavy (non-hydrogen) atoms. The van der Waals surface area contributed by atoms with Crippen LogP contribution in [0, 0.1) is 6.92 Å². The molecule has 10 heteroatoms. The van der Waals surface area contributed by atoms with Gasteiger partial charge in [0.25, 0.3) is 0 Å². The van der Waals surface area contributed by atoms with E-state index < -0.39 is 23.5 Å². The van der Waals surface area contributed by atoms with Crippen molar-refractivity contribution in [3.8, 4) is 0 Å². The van der Waals surface area contributed by atoms with E-state index in [9.17, 15) is 18.0 Å². The van der Waals surface area contributed by atoms with E-state index in [0.717, 1.165) is 17.2 Å². The number of hydrogen-bond donors (Lipinski definition) is 3. The lowest BCUT2D eigenvalue weighted by atomic mass is 10.1. The predicted octanol–water partition coefficient (Wildman–Crippen LogP) is 5.51. The molecule has 3 aromatic rings. The number of hydrazone groups is 1. The van der Waals surface area contributed by atoms with Crippen LogP contribution in [0.15, 0.2) is 72.5 Å². The van der Waals surface area contributed by atoms with Gasteiger partial charge in [-0.25, -0.2) is 10.4 Å². The van der Waals surface area contributed by atoms with Crippen LogP contribution in [0.4, 0.5) is 36.3 Å². The van der Waals surface area contributed by atoms with Crippen molar-refractivity contribution in [1.29, 1.82) is 0 Å². The average Bonchev–Trinajstić information content (AvgIpc) is 2.77. The number of aryl methyl sites for hydroxylation is 1. The molecule has 0 bridgehead atoms. The zero-order chi connectivity index (χ0) is 24.0. The molecular weight excluding hydrogens is 433 g/mol. The lowest BCUT2D eigenvalue weighted by Crippen LogP contribution is -2.13. The molecule has 3 N–H and O–H groups in total. The number of amides is 1. The number of halogens is 3. The number of anilines is 4. The fraction of sp³-hybridized carbons (Fsp3) is 0.130. The molecular formula is C23H21F3N6O. The first kappa shape index (κ1) is 23.5. The fourth-order valence-electron chi connectivity index (χ4n) is 2.74. The minimum Gasteiger partial charge on any atom is -0.339 e. The number of carbonyl (C=O) groups excluding carboxylic acids is 1. The molecule has 1 aromatic heterocycles. The molecule has 0 spiro atoms. The maximum Gasteiger partial charge on any atom is 0.421 e. The van der Waals surface area contributed by atoms with Crippen LogP contribution in [-0.4, -0.2) is 21.6 Å². The van der Waals surface area contributed by atoms with Gasteiger partial charge in [-0.2, -0.15) is 23.3 Å². The van der Waals surface area contributed by atoms with E-state index >= 15 is 0 Å². The van der Waals surface area contributed by atoms with Gasteiger partial charge in [0.05, 0.1) is 5.71 Å². The highest BCUT2D eigenvalue weighted by Gasteiger charge is 2.35. The molecule has 0 saturated carbocycles. The van der Waals surface area contributed by atoms with Crippen molar-refractivity contribution in [2.24, 2.45) is 5.10 Å². The highest BCUT2D eigenvalue weighted by Crippen LogP contribution is 2.35. The van der Waals surface area contributed by atoms with Crippen LogP contribution < -0.4 is 16.1 Å². The van der Waals surface area contributed by atoms with E-state index in [4.69, 9.17) is 0 Å². The molecule has 1 amide bonds. The molecule has 0 atom stereocenters. The van der Waals surface area contributed by atoms with Crippen LogP contribution in [-0.2, 0) is 11.0 Å². The van der Waals surface area contributed by atoms with E-state index in [-0.39, 0.29) is 11.6 Å². The van der Waals surface area contributed by atoms with Gasteiger partial charge >= 0.3 is 6.18 Å². The second kappa shape index (κ2) is 9.94. The predicted molar refractivity (Wildman–Crippen MR) is 123 cm³/mol. The zero-order valence-electron chi connectivity index (χ0n) is 17.9. The summed E-state index contributed by atoms with van der Waals surface area (Å²) in [5, 5.41) is 9.35. The maximum atomic E-state index is 13.5. The number of nitrogens with zero attached hydrogens (tertiary/aromatic N) is 3. The standard InChI is InChI=1S/C23H21F3N6O/c1-4-20(33)28-17-6-5-7-18(12-17)29-21-19(23(24,25)26)13-27-22(30-21)32-31-15(3)16-10-8-14(2)9-11-16/h4-13H,1H2,2-3H3,(H,28,33)(H2,27,29,30,32)/b31-15+. The Hall–Kier alpha value is -4.21. The lowest BCUT2D eigenvalue weighted by Gasteiger charge is -2.15. The van der Waals surface area contributed by atoms with Gasteiger partial charge in [0.1, 0.15) is 11.4 Å². The monoisotopic (exact) mass is 454 g/mol. The Morgan fingerprint density at radius 3 is 2.48 bits per heavy atom. The Balaban J connectivity index is 1.87. The van der Waals surface area contributed by atoms with Crippen LogP contribution in [0.3, 0.4) is 0 Å². The molecule has 0 fully saturated rings. The van der Waals surface area contributed by atoms with Crippen molar-refractivity contribution in [1.82, 2.24) is 9.97 Å². The molecule has 2 aromatic carbocycles. The Bertz CT molecular complexity index is 1190. The Kier molecular flexibility index (Phi) is 7.07. The molecule has 0 aliphatic carbocycles. The first-order chi connectivity index (χ1) is 15.7. The zero-order valence-corrected chi connectivity index (χ0v) is 17.9. The van der Waals surface area contributed by atoms with Crippen LogP contribution in [0.5, 0.6) is 0 Å². The van der Waals surface area contributed by atoms with Gasteiger partial charge in [-0.15, -0.1) is 0 Å². The molecule has 0 radical (unpaired) electrons. The number of aromatic nitrogens is 2. The summed E-state index contributed by atoms with van der Waals surface area (Å²) in [6.45, 7) is 7.08. The number of alkyl halides is 3. The summed E-state index contributed by atoms with van der Waals surface area (Å²) in [6.07, 6.45) is -2.92. The summed E-state index contributed by atoms with van der Waals surface area (Å²) >= 11 is 0. The van der Waals surface area contributed by atoms with Gasteiger partial charge in [-0.1, -0.05) is 42.5 Å². The van der Waals surface area contributed by atoms with Gasteiger partial charge in [-0.3, -0.25) is 4.79 Å². The van der Waals surface area contributed by atoms with Crippen molar-refractivity contribution < 1.29 is 18.0 Å². The number of benzene rings is 2. The van der Waals surface area contributed by atoms with E-state index in [1.54, 1.807) is 25.1 Å². The van der Waals surface area contributed by atoms with Crippen LogP contribution in [0.1, 0.15) is 23.6 Å². The van der Waals surface area contributed by atoms with Crippen molar-refractivity contribution in [2.45, 2.75) is 20.0 Å². The van der Waals surface area contributed by atoms with E-state index in [2.05, 4.69) is 37.7 Å². The molecule has 0 aliphatic heterocycles. The summed E-state index contributed by atoms with van der Waals surface area (Å²) in [5.74, 6) is -1.03. The smallest absolute Gasteiger partial charge is 0.339 e. The quantitative estimate of drug-likeness (QED) is 0.249. The number of carbonyl (C=O) groups is 1.